The van der Waals surface area contributed by atoms with E-state index in [4.69, 9.17) is 4.42 Å². The summed E-state index contributed by atoms with van der Waals surface area (Å²) in [5.74, 6) is 2.21. The predicted octanol–water partition coefficient (Wildman–Crippen LogP) is 2.19. The van der Waals surface area contributed by atoms with E-state index in [1.165, 1.54) is 0 Å². The van der Waals surface area contributed by atoms with E-state index in [-0.39, 0.29) is 0 Å². The van der Waals surface area contributed by atoms with Crippen LogP contribution in [0.1, 0.15) is 35.9 Å². The van der Waals surface area contributed by atoms with Gasteiger partial charge in [0.15, 0.2) is 0 Å². The normalized spacial score (nSPS) is 13.0. The lowest BCUT2D eigenvalue weighted by Gasteiger charge is -2.11. The second-order valence-electron chi connectivity index (χ2n) is 3.84. The fourth-order valence-electron chi connectivity index (χ4n) is 1.90. The Morgan fingerprint density at radius 3 is 2.81 bits per heavy atom. The van der Waals surface area contributed by atoms with Crippen molar-refractivity contribution >= 4 is 0 Å². The number of rotatable bonds is 3. The Kier molecular flexibility index (Phi) is 2.83. The molecule has 2 aromatic heterocycles. The molecule has 0 aliphatic rings. The molecule has 2 aromatic rings. The molecule has 2 heterocycles. The third-order valence-electron chi connectivity index (χ3n) is 2.71. The number of aliphatic hydroxyl groups excluding tert-OH is 1. The van der Waals surface area contributed by atoms with Gasteiger partial charge >= 0.3 is 0 Å². The van der Waals surface area contributed by atoms with Crippen molar-refractivity contribution in [2.24, 2.45) is 0 Å². The fourth-order valence-corrected chi connectivity index (χ4v) is 1.90. The maximum Gasteiger partial charge on any atom is 0.142 e. The quantitative estimate of drug-likeness (QED) is 0.862. The minimum Gasteiger partial charge on any atom is -0.466 e. The number of furan rings is 1. The lowest BCUT2D eigenvalue weighted by Crippen LogP contribution is -2.08. The summed E-state index contributed by atoms with van der Waals surface area (Å²) in [4.78, 5) is 4.18. The van der Waals surface area contributed by atoms with Crippen LogP contribution in [-0.2, 0) is 6.54 Å². The molecule has 0 saturated heterocycles. The highest BCUT2D eigenvalue weighted by molar-refractivity contribution is 5.27. The van der Waals surface area contributed by atoms with Crippen LogP contribution in [0.3, 0.4) is 0 Å². The summed E-state index contributed by atoms with van der Waals surface area (Å²) >= 11 is 0. The van der Waals surface area contributed by atoms with Gasteiger partial charge in [-0.05, 0) is 26.8 Å². The lowest BCUT2D eigenvalue weighted by molar-refractivity contribution is 0.202. The van der Waals surface area contributed by atoms with Crippen molar-refractivity contribution in [3.8, 4) is 0 Å². The molecule has 0 bridgehead atoms. The SMILES string of the molecule is CCn1ccnc1C(O)c1cc(C)oc1C. The zero-order valence-corrected chi connectivity index (χ0v) is 9.77. The van der Waals surface area contributed by atoms with Crippen LogP contribution in [0.5, 0.6) is 0 Å². The Balaban J connectivity index is 2.38. The molecule has 1 atom stereocenters. The van der Waals surface area contributed by atoms with Gasteiger partial charge in [0.05, 0.1) is 0 Å². The van der Waals surface area contributed by atoms with E-state index in [9.17, 15) is 5.11 Å². The van der Waals surface area contributed by atoms with Gasteiger partial charge in [-0.3, -0.25) is 0 Å². The predicted molar refractivity (Wildman–Crippen MR) is 60.1 cm³/mol. The van der Waals surface area contributed by atoms with Crippen LogP contribution in [0.25, 0.3) is 0 Å². The fraction of sp³-hybridized carbons (Fsp3) is 0.417. The van der Waals surface area contributed by atoms with Crippen LogP contribution < -0.4 is 0 Å². The molecule has 2 rings (SSSR count). The van der Waals surface area contributed by atoms with Gasteiger partial charge in [-0.15, -0.1) is 0 Å². The first kappa shape index (κ1) is 11.0. The van der Waals surface area contributed by atoms with Gasteiger partial charge in [0.25, 0.3) is 0 Å². The van der Waals surface area contributed by atoms with Crippen LogP contribution in [0.2, 0.25) is 0 Å². The summed E-state index contributed by atoms with van der Waals surface area (Å²) in [6.07, 6.45) is 2.85. The molecule has 0 aliphatic heterocycles. The van der Waals surface area contributed by atoms with Crippen LogP contribution in [0.4, 0.5) is 0 Å². The lowest BCUT2D eigenvalue weighted by atomic mass is 10.1. The summed E-state index contributed by atoms with van der Waals surface area (Å²) in [6.45, 7) is 6.54. The average Bonchev–Trinajstić information content (AvgIpc) is 2.83. The first-order valence-electron chi connectivity index (χ1n) is 5.39. The van der Waals surface area contributed by atoms with Gasteiger partial charge in [0.1, 0.15) is 23.4 Å². The number of nitrogens with zero attached hydrogens (tertiary/aromatic N) is 2. The maximum atomic E-state index is 10.2. The van der Waals surface area contributed by atoms with E-state index in [1.54, 1.807) is 6.20 Å². The molecule has 4 nitrogen and oxygen atoms in total. The number of hydrogen-bond donors (Lipinski definition) is 1. The van der Waals surface area contributed by atoms with E-state index in [2.05, 4.69) is 4.98 Å². The average molecular weight is 220 g/mol. The van der Waals surface area contributed by atoms with Gasteiger partial charge in [-0.1, -0.05) is 0 Å². The van der Waals surface area contributed by atoms with Gasteiger partial charge in [-0.2, -0.15) is 0 Å². The van der Waals surface area contributed by atoms with Crippen molar-refractivity contribution in [3.05, 3.63) is 41.4 Å². The summed E-state index contributed by atoms with van der Waals surface area (Å²) in [6, 6.07) is 1.86. The highest BCUT2D eigenvalue weighted by Crippen LogP contribution is 2.26. The molecule has 0 saturated carbocycles. The second kappa shape index (κ2) is 4.14. The second-order valence-corrected chi connectivity index (χ2v) is 3.84. The molecular weight excluding hydrogens is 204 g/mol. The summed E-state index contributed by atoms with van der Waals surface area (Å²) in [5, 5.41) is 10.2. The van der Waals surface area contributed by atoms with Gasteiger partial charge in [-0.25, -0.2) is 4.98 Å². The molecule has 0 fully saturated rings. The minimum absolute atomic E-state index is 0.659. The first-order valence-corrected chi connectivity index (χ1v) is 5.39. The monoisotopic (exact) mass is 220 g/mol. The highest BCUT2D eigenvalue weighted by Gasteiger charge is 2.20. The Morgan fingerprint density at radius 1 is 1.50 bits per heavy atom. The molecule has 0 radical (unpaired) electrons. The van der Waals surface area contributed by atoms with E-state index in [0.717, 1.165) is 23.6 Å². The standard InChI is InChI=1S/C12H16N2O2/c1-4-14-6-5-13-12(14)11(15)10-7-8(2)16-9(10)3/h5-7,11,15H,4H2,1-3H3. The van der Waals surface area contributed by atoms with Gasteiger partial charge in [0, 0.05) is 24.5 Å². The van der Waals surface area contributed by atoms with E-state index in [1.807, 2.05) is 37.6 Å². The molecule has 1 N–H and O–H groups in total. The first-order chi connectivity index (χ1) is 7.63. The molecule has 1 unspecified atom stereocenters. The van der Waals surface area contributed by atoms with Crippen LogP contribution >= 0.6 is 0 Å². The number of hydrogen-bond acceptors (Lipinski definition) is 3. The Bertz CT molecular complexity index is 485. The van der Waals surface area contributed by atoms with Crippen molar-refractivity contribution in [3.63, 3.8) is 0 Å². The largest absolute Gasteiger partial charge is 0.466 e. The molecule has 0 aliphatic carbocycles. The van der Waals surface area contributed by atoms with Crippen molar-refractivity contribution < 1.29 is 9.52 Å². The third kappa shape index (κ3) is 1.76. The summed E-state index contributed by atoms with van der Waals surface area (Å²) in [5.41, 5.74) is 0.790. The molecule has 0 spiro atoms. The molecule has 86 valence electrons. The number of aryl methyl sites for hydroxylation is 3. The summed E-state index contributed by atoms with van der Waals surface area (Å²) < 4.78 is 7.33. The zero-order valence-electron chi connectivity index (χ0n) is 9.77. The van der Waals surface area contributed by atoms with E-state index >= 15 is 0 Å². The van der Waals surface area contributed by atoms with Crippen LogP contribution in [0.15, 0.2) is 22.9 Å². The molecule has 0 aromatic carbocycles. The van der Waals surface area contributed by atoms with Crippen molar-refractivity contribution in [2.45, 2.75) is 33.4 Å². The van der Waals surface area contributed by atoms with E-state index in [0.29, 0.717) is 5.82 Å². The Labute approximate surface area is 94.5 Å². The molecule has 16 heavy (non-hydrogen) atoms. The number of aliphatic hydroxyl groups is 1. The highest BCUT2D eigenvalue weighted by atomic mass is 16.3. The third-order valence-corrected chi connectivity index (χ3v) is 2.71. The summed E-state index contributed by atoms with van der Waals surface area (Å²) in [7, 11) is 0. The van der Waals surface area contributed by atoms with Crippen molar-refractivity contribution in [1.29, 1.82) is 0 Å². The zero-order chi connectivity index (χ0) is 11.7. The van der Waals surface area contributed by atoms with E-state index < -0.39 is 6.10 Å². The Hall–Kier alpha value is -1.55. The topological polar surface area (TPSA) is 51.2 Å². The molecule has 0 amide bonds. The number of aromatic nitrogens is 2. The van der Waals surface area contributed by atoms with Gasteiger partial charge < -0.3 is 14.1 Å². The molecule has 4 heteroatoms. The van der Waals surface area contributed by atoms with Crippen LogP contribution in [0, 0.1) is 13.8 Å². The maximum absolute atomic E-state index is 10.2. The van der Waals surface area contributed by atoms with Crippen LogP contribution in [-0.4, -0.2) is 14.7 Å². The smallest absolute Gasteiger partial charge is 0.142 e. The van der Waals surface area contributed by atoms with Crippen molar-refractivity contribution in [2.75, 3.05) is 0 Å². The number of imidazole rings is 1. The minimum atomic E-state index is -0.715. The van der Waals surface area contributed by atoms with Crippen molar-refractivity contribution in [1.82, 2.24) is 9.55 Å². The Morgan fingerprint density at radius 2 is 2.25 bits per heavy atom. The molecular formula is C12H16N2O2. The van der Waals surface area contributed by atoms with Gasteiger partial charge in [0.2, 0.25) is 0 Å².